The van der Waals surface area contributed by atoms with Crippen LogP contribution in [0.4, 0.5) is 0 Å². The van der Waals surface area contributed by atoms with Crippen molar-refractivity contribution >= 4 is 5.91 Å². The van der Waals surface area contributed by atoms with Crippen molar-refractivity contribution in [2.24, 2.45) is 17.6 Å². The number of hydrogen-bond acceptors (Lipinski definition) is 3. The molecule has 1 heterocycles. The summed E-state index contributed by atoms with van der Waals surface area (Å²) >= 11 is 0. The number of para-hydroxylation sites is 1. The number of fused-ring (bicyclic) bond motifs is 1. The van der Waals surface area contributed by atoms with Crippen LogP contribution in [0.1, 0.15) is 31.2 Å². The lowest BCUT2D eigenvalue weighted by atomic mass is 9.79. The Morgan fingerprint density at radius 1 is 1.29 bits per heavy atom. The van der Waals surface area contributed by atoms with Crippen molar-refractivity contribution < 1.29 is 9.53 Å². The molecule has 0 radical (unpaired) electrons. The smallest absolute Gasteiger partial charge is 0.223 e. The summed E-state index contributed by atoms with van der Waals surface area (Å²) in [4.78, 5) is 12.4. The molecule has 1 aromatic rings. The van der Waals surface area contributed by atoms with Gasteiger partial charge >= 0.3 is 0 Å². The Bertz CT molecular complexity index is 478. The minimum Gasteiger partial charge on any atom is -0.488 e. The molecule has 3 N–H and O–H groups in total. The van der Waals surface area contributed by atoms with Crippen LogP contribution in [0.5, 0.6) is 5.75 Å². The van der Waals surface area contributed by atoms with Gasteiger partial charge in [-0.3, -0.25) is 4.79 Å². The standard InChI is InChI=1S/C17H24N2O2/c18-10-13-6-1-3-7-15(13)17(20)19-11-14-9-12-5-2-4-8-16(12)21-14/h2,4-5,8,13-15H,1,3,6-7,9-11,18H2,(H,19,20). The molecule has 0 spiro atoms. The monoisotopic (exact) mass is 288 g/mol. The van der Waals surface area contributed by atoms with Gasteiger partial charge in [-0.1, -0.05) is 31.0 Å². The van der Waals surface area contributed by atoms with Crippen LogP contribution < -0.4 is 15.8 Å². The molecule has 1 aliphatic carbocycles. The van der Waals surface area contributed by atoms with Gasteiger partial charge in [0.2, 0.25) is 5.91 Å². The lowest BCUT2D eigenvalue weighted by molar-refractivity contribution is -0.128. The first kappa shape index (κ1) is 14.4. The van der Waals surface area contributed by atoms with Gasteiger partial charge in [-0.15, -0.1) is 0 Å². The zero-order chi connectivity index (χ0) is 14.7. The predicted molar refractivity (Wildman–Crippen MR) is 82.1 cm³/mol. The molecule has 1 aliphatic heterocycles. The fraction of sp³-hybridized carbons (Fsp3) is 0.588. The first-order valence-corrected chi connectivity index (χ1v) is 8.00. The minimum absolute atomic E-state index is 0.0614. The van der Waals surface area contributed by atoms with Crippen molar-refractivity contribution in [2.75, 3.05) is 13.1 Å². The zero-order valence-corrected chi connectivity index (χ0v) is 12.4. The molecule has 1 saturated carbocycles. The summed E-state index contributed by atoms with van der Waals surface area (Å²) in [5, 5.41) is 3.07. The van der Waals surface area contributed by atoms with Crippen LogP contribution in [-0.2, 0) is 11.2 Å². The molecule has 0 aromatic heterocycles. The molecule has 0 saturated heterocycles. The third-order valence-electron chi connectivity index (χ3n) is 4.77. The third kappa shape index (κ3) is 3.21. The van der Waals surface area contributed by atoms with Gasteiger partial charge in [0.1, 0.15) is 11.9 Å². The van der Waals surface area contributed by atoms with Crippen molar-refractivity contribution in [1.82, 2.24) is 5.32 Å². The first-order valence-electron chi connectivity index (χ1n) is 8.00. The minimum atomic E-state index is 0.0614. The third-order valence-corrected chi connectivity index (χ3v) is 4.77. The molecule has 1 fully saturated rings. The van der Waals surface area contributed by atoms with Crippen LogP contribution in [0.15, 0.2) is 24.3 Å². The van der Waals surface area contributed by atoms with E-state index >= 15 is 0 Å². The Morgan fingerprint density at radius 2 is 2.10 bits per heavy atom. The second-order valence-electron chi connectivity index (χ2n) is 6.18. The molecular weight excluding hydrogens is 264 g/mol. The van der Waals surface area contributed by atoms with Gasteiger partial charge in [0.15, 0.2) is 0 Å². The average Bonchev–Trinajstić information content (AvgIpc) is 2.95. The molecule has 21 heavy (non-hydrogen) atoms. The van der Waals surface area contributed by atoms with Gasteiger partial charge in [0.05, 0.1) is 6.54 Å². The van der Waals surface area contributed by atoms with Gasteiger partial charge in [-0.25, -0.2) is 0 Å². The van der Waals surface area contributed by atoms with Crippen molar-refractivity contribution in [3.63, 3.8) is 0 Å². The van der Waals surface area contributed by atoms with E-state index in [9.17, 15) is 4.79 Å². The molecule has 3 atom stereocenters. The van der Waals surface area contributed by atoms with E-state index < -0.39 is 0 Å². The molecule has 114 valence electrons. The normalized spacial score (nSPS) is 27.8. The quantitative estimate of drug-likeness (QED) is 0.889. The zero-order valence-electron chi connectivity index (χ0n) is 12.4. The van der Waals surface area contributed by atoms with Crippen LogP contribution >= 0.6 is 0 Å². The topological polar surface area (TPSA) is 64.4 Å². The number of carbonyl (C=O) groups is 1. The summed E-state index contributed by atoms with van der Waals surface area (Å²) in [5.41, 5.74) is 7.03. The van der Waals surface area contributed by atoms with Crippen LogP contribution in [0.3, 0.4) is 0 Å². The summed E-state index contributed by atoms with van der Waals surface area (Å²) in [7, 11) is 0. The average molecular weight is 288 g/mol. The maximum absolute atomic E-state index is 12.4. The van der Waals surface area contributed by atoms with E-state index in [0.29, 0.717) is 19.0 Å². The molecule has 3 rings (SSSR count). The molecular formula is C17H24N2O2. The number of carbonyl (C=O) groups excluding carboxylic acids is 1. The number of nitrogens with two attached hydrogens (primary N) is 1. The van der Waals surface area contributed by atoms with Gasteiger partial charge in [-0.2, -0.15) is 0 Å². The maximum atomic E-state index is 12.4. The second kappa shape index (κ2) is 6.48. The lowest BCUT2D eigenvalue weighted by Gasteiger charge is -2.29. The predicted octanol–water partition coefficient (Wildman–Crippen LogP) is 1.87. The molecule has 4 nitrogen and oxygen atoms in total. The van der Waals surface area contributed by atoms with Crippen molar-refractivity contribution in [3.05, 3.63) is 29.8 Å². The summed E-state index contributed by atoms with van der Waals surface area (Å²) in [6.45, 7) is 1.20. The second-order valence-corrected chi connectivity index (χ2v) is 6.18. The highest BCUT2D eigenvalue weighted by Crippen LogP contribution is 2.30. The largest absolute Gasteiger partial charge is 0.488 e. The van der Waals surface area contributed by atoms with E-state index in [1.807, 2.05) is 18.2 Å². The van der Waals surface area contributed by atoms with Crippen LogP contribution in [0.2, 0.25) is 0 Å². The molecule has 0 bridgehead atoms. The summed E-state index contributed by atoms with van der Waals surface area (Å²) in [6.07, 6.45) is 5.33. The fourth-order valence-corrected chi connectivity index (χ4v) is 3.55. The first-order chi connectivity index (χ1) is 10.3. The van der Waals surface area contributed by atoms with E-state index in [1.54, 1.807) is 0 Å². The van der Waals surface area contributed by atoms with E-state index in [0.717, 1.165) is 31.4 Å². The number of ether oxygens (including phenoxy) is 1. The molecule has 3 unspecified atom stereocenters. The van der Waals surface area contributed by atoms with E-state index in [-0.39, 0.29) is 17.9 Å². The van der Waals surface area contributed by atoms with Crippen LogP contribution in [0.25, 0.3) is 0 Å². The number of hydrogen-bond donors (Lipinski definition) is 2. The van der Waals surface area contributed by atoms with Gasteiger partial charge in [0.25, 0.3) is 0 Å². The Morgan fingerprint density at radius 3 is 2.90 bits per heavy atom. The van der Waals surface area contributed by atoms with Crippen molar-refractivity contribution in [3.8, 4) is 5.75 Å². The lowest BCUT2D eigenvalue weighted by Crippen LogP contribution is -2.42. The highest BCUT2D eigenvalue weighted by Gasteiger charge is 2.31. The van der Waals surface area contributed by atoms with E-state index in [4.69, 9.17) is 10.5 Å². The molecule has 1 aromatic carbocycles. The number of rotatable bonds is 4. The maximum Gasteiger partial charge on any atom is 0.223 e. The highest BCUT2D eigenvalue weighted by atomic mass is 16.5. The Labute approximate surface area is 126 Å². The Kier molecular flexibility index (Phi) is 4.44. The summed E-state index contributed by atoms with van der Waals surface area (Å²) in [6, 6.07) is 8.08. The Balaban J connectivity index is 1.50. The van der Waals surface area contributed by atoms with Crippen molar-refractivity contribution in [1.29, 1.82) is 0 Å². The molecule has 1 amide bonds. The number of amides is 1. The van der Waals surface area contributed by atoms with Gasteiger partial charge in [-0.05, 0) is 36.9 Å². The summed E-state index contributed by atoms with van der Waals surface area (Å²) < 4.78 is 5.86. The fourth-order valence-electron chi connectivity index (χ4n) is 3.55. The molecule has 2 aliphatic rings. The SMILES string of the molecule is NCC1CCCCC1C(=O)NCC1Cc2ccccc2O1. The van der Waals surface area contributed by atoms with Gasteiger partial charge < -0.3 is 15.8 Å². The Hall–Kier alpha value is -1.55. The number of nitrogens with one attached hydrogen (secondary N) is 1. The van der Waals surface area contributed by atoms with Crippen LogP contribution in [0, 0.1) is 11.8 Å². The van der Waals surface area contributed by atoms with E-state index in [2.05, 4.69) is 11.4 Å². The van der Waals surface area contributed by atoms with Crippen LogP contribution in [-0.4, -0.2) is 25.1 Å². The summed E-state index contributed by atoms with van der Waals surface area (Å²) in [5.74, 6) is 1.55. The highest BCUT2D eigenvalue weighted by molar-refractivity contribution is 5.79. The number of benzene rings is 1. The van der Waals surface area contributed by atoms with E-state index in [1.165, 1.54) is 12.0 Å². The van der Waals surface area contributed by atoms with Gasteiger partial charge in [0, 0.05) is 12.3 Å². The molecule has 4 heteroatoms. The van der Waals surface area contributed by atoms with Crippen molar-refractivity contribution in [2.45, 2.75) is 38.2 Å².